The van der Waals surface area contributed by atoms with Crippen molar-refractivity contribution in [3.05, 3.63) is 64.1 Å². The van der Waals surface area contributed by atoms with Crippen LogP contribution in [-0.2, 0) is 11.2 Å². The summed E-state index contributed by atoms with van der Waals surface area (Å²) in [4.78, 5) is 27.3. The number of nitrogens with one attached hydrogen (secondary N) is 2. The molecule has 162 valence electrons. The lowest BCUT2D eigenvalue weighted by Gasteiger charge is -2.11. The van der Waals surface area contributed by atoms with Gasteiger partial charge in [0.15, 0.2) is 5.16 Å². The number of methoxy groups -OCH3 is 3. The Morgan fingerprint density at radius 2 is 1.71 bits per heavy atom. The minimum atomic E-state index is -0.344. The highest BCUT2D eigenvalue weighted by molar-refractivity contribution is 7.99. The zero-order valence-electron chi connectivity index (χ0n) is 17.3. The Hall–Kier alpha value is -3.53. The van der Waals surface area contributed by atoms with Crippen molar-refractivity contribution < 1.29 is 19.0 Å². The quantitative estimate of drug-likeness (QED) is 0.486. The molecule has 0 bridgehead atoms. The van der Waals surface area contributed by atoms with Gasteiger partial charge in [-0.25, -0.2) is 0 Å². The third-order valence-corrected chi connectivity index (χ3v) is 5.16. The lowest BCUT2D eigenvalue weighted by molar-refractivity contribution is -0.113. The molecular formula is C21H22N4O5S. The largest absolute Gasteiger partial charge is 0.497 e. The zero-order chi connectivity index (χ0) is 22.2. The lowest BCUT2D eigenvalue weighted by Crippen LogP contribution is -2.19. The molecule has 3 rings (SSSR count). The number of H-pyrrole nitrogens is 1. The summed E-state index contributed by atoms with van der Waals surface area (Å²) in [5, 5.41) is 11.1. The molecule has 0 saturated heterocycles. The van der Waals surface area contributed by atoms with E-state index in [1.54, 1.807) is 25.3 Å². The van der Waals surface area contributed by atoms with Crippen LogP contribution in [0.3, 0.4) is 0 Å². The normalized spacial score (nSPS) is 10.4. The molecule has 31 heavy (non-hydrogen) atoms. The van der Waals surface area contributed by atoms with Crippen molar-refractivity contribution in [2.75, 3.05) is 32.4 Å². The number of aromatic amines is 1. The van der Waals surface area contributed by atoms with Crippen molar-refractivity contribution in [3.8, 4) is 17.2 Å². The molecule has 2 aromatic carbocycles. The monoisotopic (exact) mass is 442 g/mol. The van der Waals surface area contributed by atoms with Crippen molar-refractivity contribution in [3.63, 3.8) is 0 Å². The number of benzene rings is 2. The molecule has 0 aliphatic heterocycles. The van der Waals surface area contributed by atoms with E-state index in [0.717, 1.165) is 23.1 Å². The van der Waals surface area contributed by atoms with Gasteiger partial charge in [0, 0.05) is 12.5 Å². The fraction of sp³-hybridized carbons (Fsp3) is 0.238. The van der Waals surface area contributed by atoms with Gasteiger partial charge in [0.1, 0.15) is 22.9 Å². The number of carbonyl (C=O) groups excluding carboxylic acids is 1. The highest BCUT2D eigenvalue weighted by Crippen LogP contribution is 2.29. The van der Waals surface area contributed by atoms with Crippen LogP contribution in [0.15, 0.2) is 52.4 Å². The van der Waals surface area contributed by atoms with E-state index in [1.807, 2.05) is 24.3 Å². The maximum absolute atomic E-state index is 12.3. The molecule has 0 unspecified atom stereocenters. The Balaban J connectivity index is 1.60. The first-order valence-electron chi connectivity index (χ1n) is 9.26. The Labute approximate surface area is 183 Å². The van der Waals surface area contributed by atoms with Crippen LogP contribution in [0.1, 0.15) is 11.3 Å². The zero-order valence-corrected chi connectivity index (χ0v) is 18.1. The molecule has 0 saturated carbocycles. The van der Waals surface area contributed by atoms with E-state index in [4.69, 9.17) is 14.2 Å². The number of carbonyl (C=O) groups is 1. The van der Waals surface area contributed by atoms with Crippen LogP contribution < -0.4 is 25.1 Å². The van der Waals surface area contributed by atoms with Crippen molar-refractivity contribution >= 4 is 23.4 Å². The SMILES string of the molecule is COc1ccc(Cc2nnc(SCC(=O)Nc3cc(OC)ccc3OC)[nH]c2=O)cc1. The summed E-state index contributed by atoms with van der Waals surface area (Å²) in [5.74, 6) is 1.58. The number of aromatic nitrogens is 3. The molecule has 0 fully saturated rings. The van der Waals surface area contributed by atoms with Gasteiger partial charge in [-0.3, -0.25) is 14.6 Å². The second kappa shape index (κ2) is 10.5. The van der Waals surface area contributed by atoms with E-state index >= 15 is 0 Å². The van der Waals surface area contributed by atoms with Crippen molar-refractivity contribution in [1.29, 1.82) is 0 Å². The highest BCUT2D eigenvalue weighted by Gasteiger charge is 2.12. The molecule has 1 aromatic heterocycles. The molecule has 0 aliphatic carbocycles. The van der Waals surface area contributed by atoms with E-state index in [2.05, 4.69) is 20.5 Å². The van der Waals surface area contributed by atoms with Gasteiger partial charge in [-0.05, 0) is 29.8 Å². The van der Waals surface area contributed by atoms with Gasteiger partial charge in [-0.15, -0.1) is 10.2 Å². The second-order valence-corrected chi connectivity index (χ2v) is 7.30. The number of thioether (sulfide) groups is 1. The summed E-state index contributed by atoms with van der Waals surface area (Å²) in [6.45, 7) is 0. The lowest BCUT2D eigenvalue weighted by atomic mass is 10.1. The van der Waals surface area contributed by atoms with Crippen LogP contribution in [0.4, 0.5) is 5.69 Å². The smallest absolute Gasteiger partial charge is 0.273 e. The first-order valence-corrected chi connectivity index (χ1v) is 10.2. The first kappa shape index (κ1) is 22.2. The fourth-order valence-electron chi connectivity index (χ4n) is 2.69. The standard InChI is InChI=1S/C21H22N4O5S/c1-28-14-6-4-13(5-7-14)10-17-20(27)23-21(25-24-17)31-12-19(26)22-16-11-15(29-2)8-9-18(16)30-3/h4-9,11H,10,12H2,1-3H3,(H,22,26)(H,23,25,27). The van der Waals surface area contributed by atoms with E-state index in [9.17, 15) is 9.59 Å². The number of amides is 1. The predicted molar refractivity (Wildman–Crippen MR) is 117 cm³/mol. The number of anilines is 1. The van der Waals surface area contributed by atoms with Crippen LogP contribution in [0, 0.1) is 0 Å². The fourth-order valence-corrected chi connectivity index (χ4v) is 3.30. The molecular weight excluding hydrogens is 420 g/mol. The van der Waals surface area contributed by atoms with Gasteiger partial charge in [0.25, 0.3) is 5.56 Å². The molecule has 0 atom stereocenters. The number of hydrogen-bond acceptors (Lipinski definition) is 8. The van der Waals surface area contributed by atoms with Gasteiger partial charge in [0.2, 0.25) is 5.91 Å². The predicted octanol–water partition coefficient (Wildman–Crippen LogP) is 2.51. The van der Waals surface area contributed by atoms with Gasteiger partial charge >= 0.3 is 0 Å². The number of nitrogens with zero attached hydrogens (tertiary/aromatic N) is 2. The van der Waals surface area contributed by atoms with E-state index in [-0.39, 0.29) is 22.4 Å². The summed E-state index contributed by atoms with van der Waals surface area (Å²) < 4.78 is 15.5. The number of rotatable bonds is 9. The topological polar surface area (TPSA) is 115 Å². The van der Waals surface area contributed by atoms with E-state index in [0.29, 0.717) is 29.3 Å². The molecule has 10 heteroatoms. The van der Waals surface area contributed by atoms with Gasteiger partial charge in [-0.1, -0.05) is 23.9 Å². The molecule has 1 heterocycles. The van der Waals surface area contributed by atoms with Crippen LogP contribution in [-0.4, -0.2) is 48.2 Å². The van der Waals surface area contributed by atoms with Gasteiger partial charge < -0.3 is 19.5 Å². The van der Waals surface area contributed by atoms with Crippen LogP contribution in [0.5, 0.6) is 17.2 Å². The Bertz CT molecular complexity index is 1100. The summed E-state index contributed by atoms with van der Waals surface area (Å²) >= 11 is 1.08. The molecule has 9 nitrogen and oxygen atoms in total. The Morgan fingerprint density at radius 1 is 1.00 bits per heavy atom. The molecule has 0 aliphatic rings. The maximum Gasteiger partial charge on any atom is 0.273 e. The third-order valence-electron chi connectivity index (χ3n) is 4.30. The third kappa shape index (κ3) is 5.98. The average molecular weight is 442 g/mol. The molecule has 0 spiro atoms. The van der Waals surface area contributed by atoms with Gasteiger partial charge in [-0.2, -0.15) is 0 Å². The second-order valence-electron chi connectivity index (χ2n) is 6.33. The van der Waals surface area contributed by atoms with Crippen LogP contribution >= 0.6 is 11.8 Å². The molecule has 3 aromatic rings. The first-order chi connectivity index (χ1) is 15.0. The summed E-state index contributed by atoms with van der Waals surface area (Å²) in [6, 6.07) is 12.5. The minimum absolute atomic E-state index is 0.0306. The summed E-state index contributed by atoms with van der Waals surface area (Å²) in [5.41, 5.74) is 1.35. The van der Waals surface area contributed by atoms with Gasteiger partial charge in [0.05, 0.1) is 32.8 Å². The molecule has 2 N–H and O–H groups in total. The minimum Gasteiger partial charge on any atom is -0.497 e. The number of ether oxygens (including phenoxy) is 3. The summed E-state index contributed by atoms with van der Waals surface area (Å²) in [7, 11) is 4.64. The van der Waals surface area contributed by atoms with E-state index < -0.39 is 0 Å². The average Bonchev–Trinajstić information content (AvgIpc) is 2.79. The van der Waals surface area contributed by atoms with Crippen LogP contribution in [0.2, 0.25) is 0 Å². The van der Waals surface area contributed by atoms with E-state index in [1.165, 1.54) is 14.2 Å². The van der Waals surface area contributed by atoms with Crippen molar-refractivity contribution in [1.82, 2.24) is 15.2 Å². The number of hydrogen-bond donors (Lipinski definition) is 2. The summed E-state index contributed by atoms with van der Waals surface area (Å²) in [6.07, 6.45) is 0.341. The Morgan fingerprint density at radius 3 is 2.35 bits per heavy atom. The molecule has 0 radical (unpaired) electrons. The Kier molecular flexibility index (Phi) is 7.50. The maximum atomic E-state index is 12.3. The molecule has 1 amide bonds. The van der Waals surface area contributed by atoms with Crippen molar-refractivity contribution in [2.45, 2.75) is 11.6 Å². The van der Waals surface area contributed by atoms with Crippen LogP contribution in [0.25, 0.3) is 0 Å². The van der Waals surface area contributed by atoms with Crippen molar-refractivity contribution in [2.24, 2.45) is 0 Å². The highest BCUT2D eigenvalue weighted by atomic mass is 32.2.